The summed E-state index contributed by atoms with van der Waals surface area (Å²) >= 11 is 2.92. The highest BCUT2D eigenvalue weighted by molar-refractivity contribution is 7.14. The van der Waals surface area contributed by atoms with Crippen molar-refractivity contribution in [2.45, 2.75) is 69.2 Å². The second-order valence-corrected chi connectivity index (χ2v) is 12.5. The Balaban J connectivity index is 1.04. The van der Waals surface area contributed by atoms with Gasteiger partial charge in [-0.2, -0.15) is 0 Å². The molecule has 8 nitrogen and oxygen atoms in total. The number of carbonyl (C=O) groups is 1. The quantitative estimate of drug-likeness (QED) is 0.180. The zero-order valence-electron chi connectivity index (χ0n) is 22.4. The number of methoxy groups -OCH3 is 1. The van der Waals surface area contributed by atoms with Crippen LogP contribution >= 0.6 is 22.7 Å². The zero-order valence-corrected chi connectivity index (χ0v) is 24.1. The number of para-hydroxylation sites is 1. The molecule has 1 unspecified atom stereocenters. The molecular formula is C29H26F3N3O5S2. The van der Waals surface area contributed by atoms with E-state index in [2.05, 4.69) is 14.8 Å². The number of aromatic nitrogens is 2. The molecule has 0 amide bonds. The van der Waals surface area contributed by atoms with Crippen LogP contribution in [0.3, 0.4) is 0 Å². The van der Waals surface area contributed by atoms with E-state index < -0.39 is 6.36 Å². The third kappa shape index (κ3) is 5.29. The Hall–Kier alpha value is -3.42. The molecule has 3 aromatic heterocycles. The molecule has 2 saturated heterocycles. The van der Waals surface area contributed by atoms with Crippen LogP contribution < -0.4 is 9.64 Å². The average Bonchev–Trinajstić information content (AvgIpc) is 3.33. The van der Waals surface area contributed by atoms with Crippen LogP contribution in [0.1, 0.15) is 59.0 Å². The van der Waals surface area contributed by atoms with Crippen molar-refractivity contribution in [1.29, 1.82) is 0 Å². The first-order chi connectivity index (χ1) is 20.3. The van der Waals surface area contributed by atoms with Gasteiger partial charge in [0.25, 0.3) is 0 Å². The maximum absolute atomic E-state index is 13.1. The van der Waals surface area contributed by atoms with E-state index in [4.69, 9.17) is 19.0 Å². The number of nitrogens with zero attached hydrogens (tertiary/aromatic N) is 3. The Bertz CT molecular complexity index is 1600. The molecule has 220 valence electrons. The lowest BCUT2D eigenvalue weighted by Crippen LogP contribution is -2.62. The number of alkyl halides is 3. The highest BCUT2D eigenvalue weighted by atomic mass is 32.1. The largest absolute Gasteiger partial charge is 0.573 e. The van der Waals surface area contributed by atoms with Crippen molar-refractivity contribution >= 4 is 33.8 Å². The summed E-state index contributed by atoms with van der Waals surface area (Å²) in [5.41, 5.74) is 2.98. The fourth-order valence-electron chi connectivity index (χ4n) is 5.88. The second-order valence-electron chi connectivity index (χ2n) is 10.8. The van der Waals surface area contributed by atoms with Crippen LogP contribution in [0.15, 0.2) is 45.6 Å². The number of benzene rings is 1. The van der Waals surface area contributed by atoms with Crippen LogP contribution in [0.5, 0.6) is 5.75 Å². The van der Waals surface area contributed by atoms with Gasteiger partial charge in [-0.1, -0.05) is 17.3 Å². The summed E-state index contributed by atoms with van der Waals surface area (Å²) < 4.78 is 60.4. The molecule has 8 rings (SSSR count). The Morgan fingerprint density at radius 1 is 1.12 bits per heavy atom. The lowest BCUT2D eigenvalue weighted by atomic mass is 9.78. The predicted octanol–water partition coefficient (Wildman–Crippen LogP) is 7.42. The molecule has 4 fully saturated rings. The third-order valence-corrected chi connectivity index (χ3v) is 9.76. The smallest absolute Gasteiger partial charge is 0.465 e. The highest BCUT2D eigenvalue weighted by Gasteiger charge is 2.47. The lowest BCUT2D eigenvalue weighted by molar-refractivity contribution is -0.274. The first-order valence-electron chi connectivity index (χ1n) is 13.6. The Morgan fingerprint density at radius 2 is 1.90 bits per heavy atom. The van der Waals surface area contributed by atoms with Crippen molar-refractivity contribution in [3.63, 3.8) is 0 Å². The van der Waals surface area contributed by atoms with E-state index in [1.165, 1.54) is 30.6 Å². The molecule has 2 bridgehead atoms. The van der Waals surface area contributed by atoms with Gasteiger partial charge in [0.05, 0.1) is 25.5 Å². The van der Waals surface area contributed by atoms with Gasteiger partial charge in [0.2, 0.25) is 0 Å². The molecule has 0 spiro atoms. The van der Waals surface area contributed by atoms with Crippen molar-refractivity contribution in [3.8, 4) is 28.3 Å². The molecule has 5 heterocycles. The molecular weight excluding hydrogens is 591 g/mol. The van der Waals surface area contributed by atoms with Crippen LogP contribution in [-0.4, -0.2) is 47.8 Å². The number of hydrogen-bond acceptors (Lipinski definition) is 10. The molecule has 2 aliphatic heterocycles. The van der Waals surface area contributed by atoms with Crippen molar-refractivity contribution in [1.82, 2.24) is 10.1 Å². The van der Waals surface area contributed by atoms with Crippen molar-refractivity contribution in [3.05, 3.63) is 57.3 Å². The molecule has 2 saturated carbocycles. The maximum atomic E-state index is 13.1. The number of hydrogen-bond donors (Lipinski definition) is 0. The first kappa shape index (κ1) is 27.4. The summed E-state index contributed by atoms with van der Waals surface area (Å²) in [5, 5.41) is 9.05. The summed E-state index contributed by atoms with van der Waals surface area (Å²) in [5.74, 6) is 0.227. The Morgan fingerprint density at radius 3 is 2.64 bits per heavy atom. The number of fused-ring (bicyclic) bond motifs is 2. The van der Waals surface area contributed by atoms with E-state index in [1.54, 1.807) is 29.5 Å². The normalized spacial score (nSPS) is 21.7. The van der Waals surface area contributed by atoms with Crippen molar-refractivity contribution < 1.29 is 36.7 Å². The third-order valence-electron chi connectivity index (χ3n) is 7.99. The van der Waals surface area contributed by atoms with Gasteiger partial charge >= 0.3 is 12.3 Å². The molecule has 42 heavy (non-hydrogen) atoms. The molecule has 0 radical (unpaired) electrons. The SMILES string of the molecule is COC(=O)c1cc(-c2csc(N3[C@@H]4CC(OCc5c(-c6ccccc6OC(F)(F)F)noc5C5CC5)C[C@H]3C4)n2)cs1. The van der Waals surface area contributed by atoms with Crippen LogP contribution in [-0.2, 0) is 16.1 Å². The van der Waals surface area contributed by atoms with Crippen LogP contribution in [0.2, 0.25) is 0 Å². The molecule has 4 aliphatic rings. The van der Waals surface area contributed by atoms with E-state index in [-0.39, 0.29) is 35.9 Å². The van der Waals surface area contributed by atoms with Gasteiger partial charge in [0.1, 0.15) is 22.1 Å². The average molecular weight is 618 g/mol. The van der Waals surface area contributed by atoms with E-state index >= 15 is 0 Å². The van der Waals surface area contributed by atoms with E-state index in [1.807, 2.05) is 10.8 Å². The summed E-state index contributed by atoms with van der Waals surface area (Å²) in [7, 11) is 1.37. The van der Waals surface area contributed by atoms with Crippen molar-refractivity contribution in [2.24, 2.45) is 0 Å². The summed E-state index contributed by atoms with van der Waals surface area (Å²) in [6.45, 7) is 0.206. The topological polar surface area (TPSA) is 86.9 Å². The number of thiophene rings is 1. The van der Waals surface area contributed by atoms with Gasteiger partial charge < -0.3 is 23.6 Å². The fourth-order valence-corrected chi connectivity index (χ4v) is 7.68. The number of carbonyl (C=O) groups excluding carboxylic acids is 1. The standard InChI is InChI=1S/C29H26F3N3O5S2/c1-37-27(36)24-8-16(13-41-24)22-14-42-28(33-22)35-17-9-18(35)11-19(10-17)38-12-21-25(34-40-26(21)15-6-7-15)20-4-2-3-5-23(20)39-29(30,31)32/h2-5,8,13-15,17-19H,6-7,9-12H2,1H3/t17-,18+,19?. The second kappa shape index (κ2) is 10.7. The van der Waals surface area contributed by atoms with Crippen LogP contribution in [0.25, 0.3) is 22.5 Å². The lowest BCUT2D eigenvalue weighted by Gasteiger charge is -2.55. The zero-order chi connectivity index (χ0) is 29.0. The van der Waals surface area contributed by atoms with Crippen molar-refractivity contribution in [2.75, 3.05) is 12.0 Å². The number of anilines is 1. The number of thiazole rings is 1. The van der Waals surface area contributed by atoms with Gasteiger partial charge in [0, 0.05) is 45.5 Å². The Labute approximate surface area is 247 Å². The van der Waals surface area contributed by atoms with Gasteiger partial charge in [-0.3, -0.25) is 0 Å². The summed E-state index contributed by atoms with van der Waals surface area (Å²) in [4.78, 5) is 19.6. The molecule has 0 N–H and O–H groups in total. The Kier molecular flexibility index (Phi) is 6.98. The number of esters is 1. The van der Waals surface area contributed by atoms with Gasteiger partial charge in [-0.05, 0) is 50.3 Å². The molecule has 3 atom stereocenters. The van der Waals surface area contributed by atoms with E-state index in [9.17, 15) is 18.0 Å². The molecule has 13 heteroatoms. The molecule has 1 aromatic carbocycles. The van der Waals surface area contributed by atoms with Gasteiger partial charge in [-0.25, -0.2) is 9.78 Å². The van der Waals surface area contributed by atoms with E-state index in [0.717, 1.165) is 48.5 Å². The summed E-state index contributed by atoms with van der Waals surface area (Å²) in [6, 6.07) is 8.38. The van der Waals surface area contributed by atoms with Crippen LogP contribution in [0, 0.1) is 0 Å². The number of halogens is 3. The first-order valence-corrected chi connectivity index (χ1v) is 15.4. The van der Waals surface area contributed by atoms with Gasteiger partial charge in [0.15, 0.2) is 5.13 Å². The monoisotopic (exact) mass is 617 g/mol. The van der Waals surface area contributed by atoms with Crippen LogP contribution in [0.4, 0.5) is 18.3 Å². The minimum absolute atomic E-state index is 0.000364. The van der Waals surface area contributed by atoms with Gasteiger partial charge in [-0.15, -0.1) is 35.8 Å². The molecule has 4 aromatic rings. The predicted molar refractivity (Wildman–Crippen MR) is 150 cm³/mol. The number of rotatable bonds is 9. The minimum Gasteiger partial charge on any atom is -0.465 e. The minimum atomic E-state index is -4.82. The fraction of sp³-hybridized carbons (Fsp3) is 0.414. The number of ether oxygens (including phenoxy) is 3. The number of piperidine rings is 1. The molecule has 2 aliphatic carbocycles. The highest BCUT2D eigenvalue weighted by Crippen LogP contribution is 2.47. The maximum Gasteiger partial charge on any atom is 0.573 e. The van der Waals surface area contributed by atoms with E-state index in [0.29, 0.717) is 34.0 Å². The summed E-state index contributed by atoms with van der Waals surface area (Å²) in [6.07, 6.45) is -0.202.